The van der Waals surface area contributed by atoms with Crippen molar-refractivity contribution in [1.29, 1.82) is 0 Å². The third-order valence-corrected chi connectivity index (χ3v) is 4.85. The van der Waals surface area contributed by atoms with Gasteiger partial charge in [-0.25, -0.2) is 0 Å². The number of hydrogen-bond acceptors (Lipinski definition) is 3. The summed E-state index contributed by atoms with van der Waals surface area (Å²) in [7, 11) is -0.905. The first-order chi connectivity index (χ1) is 10.2. The average Bonchev–Trinajstić information content (AvgIpc) is 2.52. The predicted octanol–water partition coefficient (Wildman–Crippen LogP) is 3.94. The summed E-state index contributed by atoms with van der Waals surface area (Å²) in [5.74, 6) is 1.16. The Balaban J connectivity index is 1.88. The van der Waals surface area contributed by atoms with E-state index in [0.717, 1.165) is 29.3 Å². The van der Waals surface area contributed by atoms with Crippen molar-refractivity contribution in [1.82, 2.24) is 0 Å². The first-order valence-corrected chi connectivity index (χ1v) is 9.88. The summed E-state index contributed by atoms with van der Waals surface area (Å²) in [6.45, 7) is 0.779. The normalized spacial score (nSPS) is 12.1. The van der Waals surface area contributed by atoms with Crippen LogP contribution in [0.4, 0.5) is 5.69 Å². The molecule has 0 aliphatic heterocycles. The third-order valence-electron chi connectivity index (χ3n) is 3.30. The Bertz CT molecular complexity index is 579. The minimum Gasteiger partial charge on any atom is -0.381 e. The van der Waals surface area contributed by atoms with Crippen LogP contribution in [0.15, 0.2) is 53.4 Å². The van der Waals surface area contributed by atoms with Crippen LogP contribution in [0.2, 0.25) is 0 Å². The zero-order chi connectivity index (χ0) is 15.1. The summed E-state index contributed by atoms with van der Waals surface area (Å²) >= 11 is 1.87. The molecule has 1 unspecified atom stereocenters. The molecule has 21 heavy (non-hydrogen) atoms. The molecule has 0 aromatic heterocycles. The molecule has 0 heterocycles. The summed E-state index contributed by atoms with van der Waals surface area (Å²) in [5, 5.41) is 3.41. The fraction of sp³-hybridized carbons (Fsp3) is 0.294. The number of hydrogen-bond donors (Lipinski definition) is 1. The number of nitrogens with one attached hydrogen (secondary N) is 1. The van der Waals surface area contributed by atoms with Gasteiger partial charge in [0.05, 0.1) is 0 Å². The topological polar surface area (TPSA) is 29.1 Å². The van der Waals surface area contributed by atoms with E-state index in [9.17, 15) is 4.21 Å². The molecule has 0 saturated heterocycles. The quantitative estimate of drug-likeness (QED) is 0.838. The van der Waals surface area contributed by atoms with Crippen molar-refractivity contribution >= 4 is 28.2 Å². The highest BCUT2D eigenvalue weighted by atomic mass is 32.2. The largest absolute Gasteiger partial charge is 0.381 e. The lowest BCUT2D eigenvalue weighted by molar-refractivity contribution is 0.687. The second kappa shape index (κ2) is 8.25. The highest BCUT2D eigenvalue weighted by molar-refractivity contribution is 7.98. The van der Waals surface area contributed by atoms with E-state index in [2.05, 4.69) is 35.8 Å². The summed E-state index contributed by atoms with van der Waals surface area (Å²) in [5.41, 5.74) is 3.70. The molecule has 0 saturated carbocycles. The maximum absolute atomic E-state index is 11.3. The first-order valence-electron chi connectivity index (χ1n) is 6.93. The third kappa shape index (κ3) is 5.21. The Morgan fingerprint density at radius 3 is 2.19 bits per heavy atom. The van der Waals surface area contributed by atoms with Crippen LogP contribution in [0.5, 0.6) is 0 Å². The molecule has 0 fully saturated rings. The lowest BCUT2D eigenvalue weighted by Gasteiger charge is -2.08. The molecule has 1 N–H and O–H groups in total. The molecule has 0 spiro atoms. The van der Waals surface area contributed by atoms with E-state index in [1.165, 1.54) is 11.1 Å². The molecule has 2 rings (SSSR count). The van der Waals surface area contributed by atoms with Crippen molar-refractivity contribution in [3.05, 3.63) is 59.7 Å². The molecule has 0 aliphatic rings. The zero-order valence-electron chi connectivity index (χ0n) is 12.5. The molecule has 0 radical (unpaired) electrons. The lowest BCUT2D eigenvalue weighted by atomic mass is 10.1. The van der Waals surface area contributed by atoms with Gasteiger partial charge in [-0.05, 0) is 53.8 Å². The molecule has 0 bridgehead atoms. The van der Waals surface area contributed by atoms with Crippen molar-refractivity contribution in [2.45, 2.75) is 17.9 Å². The summed E-state index contributed by atoms with van der Waals surface area (Å²) in [6.07, 6.45) is 4.96. The highest BCUT2D eigenvalue weighted by Crippen LogP contribution is 2.14. The van der Waals surface area contributed by atoms with E-state index in [-0.39, 0.29) is 0 Å². The van der Waals surface area contributed by atoms with Gasteiger partial charge in [0, 0.05) is 34.2 Å². The van der Waals surface area contributed by atoms with Gasteiger partial charge in [-0.3, -0.25) is 4.21 Å². The van der Waals surface area contributed by atoms with E-state index in [4.69, 9.17) is 0 Å². The molecule has 0 amide bonds. The fourth-order valence-electron chi connectivity index (χ4n) is 2.01. The molecule has 1 atom stereocenters. The maximum Gasteiger partial charge on any atom is 0.0498 e. The number of aryl methyl sites for hydroxylation is 1. The monoisotopic (exact) mass is 319 g/mol. The minimum atomic E-state index is -0.905. The number of rotatable bonds is 7. The van der Waals surface area contributed by atoms with Crippen LogP contribution in [-0.4, -0.2) is 22.5 Å². The van der Waals surface area contributed by atoms with Gasteiger partial charge in [0.2, 0.25) is 0 Å². The lowest BCUT2D eigenvalue weighted by Crippen LogP contribution is -2.00. The van der Waals surface area contributed by atoms with Crippen LogP contribution in [0.1, 0.15) is 11.1 Å². The van der Waals surface area contributed by atoms with Crippen LogP contribution in [0, 0.1) is 0 Å². The molecule has 0 aliphatic carbocycles. The fourth-order valence-corrected chi connectivity index (χ4v) is 2.97. The van der Waals surface area contributed by atoms with Gasteiger partial charge < -0.3 is 5.32 Å². The van der Waals surface area contributed by atoms with E-state index < -0.39 is 10.8 Å². The summed E-state index contributed by atoms with van der Waals surface area (Å²) < 4.78 is 11.3. The van der Waals surface area contributed by atoms with Gasteiger partial charge in [-0.2, -0.15) is 11.8 Å². The van der Waals surface area contributed by atoms with Gasteiger partial charge in [0.1, 0.15) is 0 Å². The Labute approximate surface area is 133 Å². The van der Waals surface area contributed by atoms with Crippen LogP contribution in [0.25, 0.3) is 0 Å². The SMILES string of the molecule is CSCCc1ccc(NCc2ccc(S(C)=O)cc2)cc1. The van der Waals surface area contributed by atoms with E-state index in [1.807, 2.05) is 36.0 Å². The smallest absolute Gasteiger partial charge is 0.0498 e. The number of benzene rings is 2. The van der Waals surface area contributed by atoms with Gasteiger partial charge in [0.25, 0.3) is 0 Å². The van der Waals surface area contributed by atoms with Crippen molar-refractivity contribution in [2.75, 3.05) is 23.6 Å². The van der Waals surface area contributed by atoms with Crippen molar-refractivity contribution in [3.8, 4) is 0 Å². The van der Waals surface area contributed by atoms with Gasteiger partial charge >= 0.3 is 0 Å². The van der Waals surface area contributed by atoms with Gasteiger partial charge in [-0.1, -0.05) is 24.3 Å². The van der Waals surface area contributed by atoms with Crippen LogP contribution in [0.3, 0.4) is 0 Å². The second-order valence-corrected chi connectivity index (χ2v) is 7.26. The van der Waals surface area contributed by atoms with Crippen LogP contribution < -0.4 is 5.32 Å². The zero-order valence-corrected chi connectivity index (χ0v) is 14.1. The molecule has 2 nitrogen and oxygen atoms in total. The maximum atomic E-state index is 11.3. The summed E-state index contributed by atoms with van der Waals surface area (Å²) in [4.78, 5) is 0.872. The molecule has 2 aromatic carbocycles. The standard InChI is InChI=1S/C17H21NOS2/c1-20-12-11-14-3-7-16(8-4-14)18-13-15-5-9-17(10-6-15)21(2)19/h3-10,18H,11-13H2,1-2H3. The Kier molecular flexibility index (Phi) is 6.33. The molecular weight excluding hydrogens is 298 g/mol. The second-order valence-electron chi connectivity index (χ2n) is 4.89. The minimum absolute atomic E-state index is 0.779. The predicted molar refractivity (Wildman–Crippen MR) is 94.6 cm³/mol. The highest BCUT2D eigenvalue weighted by Gasteiger charge is 1.99. The van der Waals surface area contributed by atoms with E-state index >= 15 is 0 Å². The molecular formula is C17H21NOS2. The molecule has 4 heteroatoms. The van der Waals surface area contributed by atoms with Crippen molar-refractivity contribution < 1.29 is 4.21 Å². The first kappa shape index (κ1) is 16.1. The molecule has 112 valence electrons. The van der Waals surface area contributed by atoms with Crippen LogP contribution >= 0.6 is 11.8 Å². The van der Waals surface area contributed by atoms with Crippen molar-refractivity contribution in [3.63, 3.8) is 0 Å². The van der Waals surface area contributed by atoms with Crippen LogP contribution in [-0.2, 0) is 23.8 Å². The summed E-state index contributed by atoms with van der Waals surface area (Å²) in [6, 6.07) is 16.5. The van der Waals surface area contributed by atoms with E-state index in [0.29, 0.717) is 0 Å². The molecule has 2 aromatic rings. The number of anilines is 1. The van der Waals surface area contributed by atoms with E-state index in [1.54, 1.807) is 6.26 Å². The van der Waals surface area contributed by atoms with Gasteiger partial charge in [0.15, 0.2) is 0 Å². The van der Waals surface area contributed by atoms with Crippen molar-refractivity contribution in [2.24, 2.45) is 0 Å². The Hall–Kier alpha value is -1.26. The Morgan fingerprint density at radius 1 is 1.00 bits per heavy atom. The van der Waals surface area contributed by atoms with Gasteiger partial charge in [-0.15, -0.1) is 0 Å². The number of thioether (sulfide) groups is 1. The Morgan fingerprint density at radius 2 is 1.62 bits per heavy atom. The average molecular weight is 319 g/mol.